The summed E-state index contributed by atoms with van der Waals surface area (Å²) in [6.45, 7) is 6.31. The van der Waals surface area contributed by atoms with Crippen LogP contribution < -0.4 is 10.1 Å². The number of rotatable bonds is 5. The smallest absolute Gasteiger partial charge is 0.150 e. The highest BCUT2D eigenvalue weighted by Crippen LogP contribution is 2.21. The molecule has 0 amide bonds. The Hall–Kier alpha value is -1.17. The molecule has 1 saturated heterocycles. The van der Waals surface area contributed by atoms with Gasteiger partial charge in [-0.3, -0.25) is 4.98 Å². The predicted octanol–water partition coefficient (Wildman–Crippen LogP) is 0.638. The molecule has 0 spiro atoms. The van der Waals surface area contributed by atoms with Crippen molar-refractivity contribution in [3.63, 3.8) is 0 Å². The minimum Gasteiger partial charge on any atom is -0.483 e. The molecule has 2 unspecified atom stereocenters. The molecule has 0 aliphatic carbocycles. The van der Waals surface area contributed by atoms with Crippen LogP contribution in [0.4, 0.5) is 0 Å². The molecule has 1 aliphatic heterocycles. The summed E-state index contributed by atoms with van der Waals surface area (Å²) in [6, 6.07) is 3.81. The average Bonchev–Trinajstić information content (AvgIpc) is 2.75. The van der Waals surface area contributed by atoms with Crippen molar-refractivity contribution in [3.8, 4) is 5.75 Å². The van der Waals surface area contributed by atoms with E-state index in [-0.39, 0.29) is 6.10 Å². The molecule has 2 atom stereocenters. The van der Waals surface area contributed by atoms with Crippen molar-refractivity contribution < 1.29 is 14.6 Å². The molecule has 1 aromatic heterocycles. The Morgan fingerprint density at radius 2 is 2.33 bits per heavy atom. The monoisotopic (exact) mass is 252 g/mol. The number of hydrogen-bond donors (Lipinski definition) is 2. The number of hydrogen-bond acceptors (Lipinski definition) is 5. The first-order chi connectivity index (χ1) is 8.70. The lowest BCUT2D eigenvalue weighted by atomic mass is 10.2. The van der Waals surface area contributed by atoms with E-state index >= 15 is 0 Å². The number of aryl methyl sites for hydroxylation is 1. The Labute approximate surface area is 107 Å². The first kappa shape index (κ1) is 13.3. The van der Waals surface area contributed by atoms with Gasteiger partial charge in [0.1, 0.15) is 11.9 Å². The van der Waals surface area contributed by atoms with E-state index in [4.69, 9.17) is 9.47 Å². The van der Waals surface area contributed by atoms with Crippen LogP contribution in [0, 0.1) is 6.92 Å². The number of nitrogens with one attached hydrogen (secondary N) is 1. The molecule has 18 heavy (non-hydrogen) atoms. The summed E-state index contributed by atoms with van der Waals surface area (Å²) in [6.07, 6.45) is -0.854. The predicted molar refractivity (Wildman–Crippen MR) is 67.6 cm³/mol. The molecule has 0 aromatic carbocycles. The number of aliphatic hydroxyl groups excluding tert-OH is 1. The van der Waals surface area contributed by atoms with E-state index in [1.54, 1.807) is 0 Å². The summed E-state index contributed by atoms with van der Waals surface area (Å²) < 4.78 is 11.0. The first-order valence-corrected chi connectivity index (χ1v) is 6.30. The fraction of sp³-hybridized carbons (Fsp3) is 0.615. The Balaban J connectivity index is 2.10. The molecule has 2 rings (SSSR count). The summed E-state index contributed by atoms with van der Waals surface area (Å²) >= 11 is 0. The molecule has 0 radical (unpaired) electrons. The quantitative estimate of drug-likeness (QED) is 0.805. The zero-order valence-corrected chi connectivity index (χ0v) is 10.8. The molecule has 0 saturated carbocycles. The van der Waals surface area contributed by atoms with Crippen molar-refractivity contribution >= 4 is 0 Å². The van der Waals surface area contributed by atoms with Crippen LogP contribution >= 0.6 is 0 Å². The second kappa shape index (κ2) is 6.13. The topological polar surface area (TPSA) is 63.6 Å². The molecular weight excluding hydrogens is 232 g/mol. The molecule has 100 valence electrons. The van der Waals surface area contributed by atoms with Gasteiger partial charge in [0.2, 0.25) is 0 Å². The van der Waals surface area contributed by atoms with Crippen LogP contribution in [-0.2, 0) is 11.3 Å². The maximum absolute atomic E-state index is 9.69. The van der Waals surface area contributed by atoms with Crippen LogP contribution in [0.25, 0.3) is 0 Å². The van der Waals surface area contributed by atoms with E-state index in [9.17, 15) is 5.11 Å². The van der Waals surface area contributed by atoms with Gasteiger partial charge in [0.25, 0.3) is 0 Å². The van der Waals surface area contributed by atoms with Crippen LogP contribution in [0.5, 0.6) is 5.75 Å². The van der Waals surface area contributed by atoms with E-state index in [0.29, 0.717) is 19.8 Å². The largest absolute Gasteiger partial charge is 0.483 e. The van der Waals surface area contributed by atoms with Gasteiger partial charge in [0.15, 0.2) is 6.10 Å². The van der Waals surface area contributed by atoms with Crippen molar-refractivity contribution in [2.24, 2.45) is 0 Å². The summed E-state index contributed by atoms with van der Waals surface area (Å²) in [5, 5.41) is 12.9. The minimum atomic E-state index is -0.557. The van der Waals surface area contributed by atoms with E-state index < -0.39 is 6.10 Å². The van der Waals surface area contributed by atoms with Crippen molar-refractivity contribution in [2.75, 3.05) is 19.8 Å². The Kier molecular flexibility index (Phi) is 4.52. The molecule has 1 fully saturated rings. The lowest BCUT2D eigenvalue weighted by Crippen LogP contribution is -2.30. The maximum Gasteiger partial charge on any atom is 0.150 e. The Bertz CT molecular complexity index is 398. The SMILES string of the molecule is CCNCc1nc(C)ccc1OC1COCC1O. The summed E-state index contributed by atoms with van der Waals surface area (Å²) in [5.74, 6) is 0.719. The fourth-order valence-corrected chi connectivity index (χ4v) is 1.87. The Morgan fingerprint density at radius 3 is 3.00 bits per heavy atom. The molecule has 2 N–H and O–H groups in total. The van der Waals surface area contributed by atoms with Crippen molar-refractivity contribution in [3.05, 3.63) is 23.5 Å². The number of aromatic nitrogens is 1. The molecule has 5 heteroatoms. The third-order valence-electron chi connectivity index (χ3n) is 2.89. The number of pyridine rings is 1. The maximum atomic E-state index is 9.69. The van der Waals surface area contributed by atoms with Crippen molar-refractivity contribution in [1.82, 2.24) is 10.3 Å². The summed E-state index contributed by atoms with van der Waals surface area (Å²) in [4.78, 5) is 4.47. The van der Waals surface area contributed by atoms with Crippen molar-refractivity contribution in [2.45, 2.75) is 32.6 Å². The van der Waals surface area contributed by atoms with Gasteiger partial charge in [-0.25, -0.2) is 0 Å². The van der Waals surface area contributed by atoms with Gasteiger partial charge >= 0.3 is 0 Å². The van der Waals surface area contributed by atoms with Crippen LogP contribution in [0.1, 0.15) is 18.3 Å². The van der Waals surface area contributed by atoms with E-state index in [0.717, 1.165) is 23.7 Å². The van der Waals surface area contributed by atoms with Gasteiger partial charge in [0, 0.05) is 12.2 Å². The van der Waals surface area contributed by atoms with Gasteiger partial charge in [-0.1, -0.05) is 6.92 Å². The third-order valence-corrected chi connectivity index (χ3v) is 2.89. The lowest BCUT2D eigenvalue weighted by Gasteiger charge is -2.18. The number of ether oxygens (including phenoxy) is 2. The van der Waals surface area contributed by atoms with E-state index in [1.165, 1.54) is 0 Å². The highest BCUT2D eigenvalue weighted by atomic mass is 16.6. The highest BCUT2D eigenvalue weighted by Gasteiger charge is 2.28. The standard InChI is InChI=1S/C13H20N2O3/c1-3-14-6-10-12(5-4-9(2)15-10)18-13-8-17-7-11(13)16/h4-5,11,13-14,16H,3,6-8H2,1-2H3. The lowest BCUT2D eigenvalue weighted by molar-refractivity contribution is 0.0723. The highest BCUT2D eigenvalue weighted by molar-refractivity contribution is 5.29. The molecule has 5 nitrogen and oxygen atoms in total. The van der Waals surface area contributed by atoms with Gasteiger partial charge in [0.05, 0.1) is 18.9 Å². The minimum absolute atomic E-state index is 0.296. The van der Waals surface area contributed by atoms with Gasteiger partial charge in [-0.15, -0.1) is 0 Å². The molecule has 2 heterocycles. The van der Waals surface area contributed by atoms with E-state index in [2.05, 4.69) is 10.3 Å². The number of nitrogens with zero attached hydrogens (tertiary/aromatic N) is 1. The van der Waals surface area contributed by atoms with Crippen LogP contribution in [0.3, 0.4) is 0 Å². The summed E-state index contributed by atoms with van der Waals surface area (Å²) in [5.41, 5.74) is 1.83. The second-order valence-corrected chi connectivity index (χ2v) is 4.44. The third kappa shape index (κ3) is 3.19. The second-order valence-electron chi connectivity index (χ2n) is 4.44. The zero-order valence-electron chi connectivity index (χ0n) is 10.8. The molecule has 0 bridgehead atoms. The van der Waals surface area contributed by atoms with E-state index in [1.807, 2.05) is 26.0 Å². The Morgan fingerprint density at radius 1 is 1.50 bits per heavy atom. The van der Waals surface area contributed by atoms with Crippen LogP contribution in [-0.4, -0.2) is 42.1 Å². The summed E-state index contributed by atoms with van der Waals surface area (Å²) in [7, 11) is 0. The van der Waals surface area contributed by atoms with Crippen LogP contribution in [0.15, 0.2) is 12.1 Å². The molecular formula is C13H20N2O3. The average molecular weight is 252 g/mol. The first-order valence-electron chi connectivity index (χ1n) is 6.30. The van der Waals surface area contributed by atoms with Gasteiger partial charge < -0.3 is 19.9 Å². The molecule has 1 aliphatic rings. The normalized spacial score (nSPS) is 23.3. The van der Waals surface area contributed by atoms with Gasteiger partial charge in [-0.05, 0) is 25.6 Å². The van der Waals surface area contributed by atoms with Gasteiger partial charge in [-0.2, -0.15) is 0 Å². The van der Waals surface area contributed by atoms with Crippen LogP contribution in [0.2, 0.25) is 0 Å². The van der Waals surface area contributed by atoms with Crippen molar-refractivity contribution in [1.29, 1.82) is 0 Å². The number of aliphatic hydroxyl groups is 1. The fourth-order valence-electron chi connectivity index (χ4n) is 1.87. The zero-order chi connectivity index (χ0) is 13.0. The molecule has 1 aromatic rings.